The molecule has 0 saturated carbocycles. The molecule has 0 N–H and O–H groups in total. The third-order valence-electron chi connectivity index (χ3n) is 3.33. The number of fused-ring (bicyclic) bond motifs is 1. The Kier molecular flexibility index (Phi) is 2.52. The van der Waals surface area contributed by atoms with Gasteiger partial charge in [-0.3, -0.25) is 0 Å². The van der Waals surface area contributed by atoms with Crippen molar-refractivity contribution >= 4 is 5.69 Å². The van der Waals surface area contributed by atoms with Crippen LogP contribution in [0.25, 0.3) is 0 Å². The average molecular weight is 230 g/mol. The Hall–Kier alpha value is -1.89. The molecule has 2 heterocycles. The van der Waals surface area contributed by atoms with Crippen LogP contribution < -0.4 is 14.4 Å². The molecule has 0 amide bonds. The summed E-state index contributed by atoms with van der Waals surface area (Å²) in [7, 11) is 0. The monoisotopic (exact) mass is 230 g/mol. The van der Waals surface area contributed by atoms with Gasteiger partial charge in [0.25, 0.3) is 0 Å². The average Bonchev–Trinajstić information content (AvgIpc) is 2.86. The van der Waals surface area contributed by atoms with Crippen molar-refractivity contribution in [2.24, 2.45) is 0 Å². The summed E-state index contributed by atoms with van der Waals surface area (Å²) in [6, 6.07) is 6.11. The molecule has 0 atom stereocenters. The molecule has 0 aliphatic carbocycles. The van der Waals surface area contributed by atoms with E-state index in [1.165, 1.54) is 19.3 Å². The van der Waals surface area contributed by atoms with Gasteiger partial charge in [0.05, 0.1) is 5.69 Å². The molecule has 3 rings (SSSR count). The quantitative estimate of drug-likeness (QED) is 0.742. The van der Waals surface area contributed by atoms with Gasteiger partial charge in [-0.25, -0.2) is 0 Å². The van der Waals surface area contributed by atoms with Crippen LogP contribution in [0.5, 0.6) is 11.5 Å². The van der Waals surface area contributed by atoms with E-state index in [0.29, 0.717) is 17.1 Å². The molecule has 1 aromatic carbocycles. The SMILES string of the molecule is N#Cc1c(N2CCCCC2)ccc2c1OCO2. The zero-order valence-electron chi connectivity index (χ0n) is 9.61. The lowest BCUT2D eigenvalue weighted by molar-refractivity contribution is 0.173. The van der Waals surface area contributed by atoms with Crippen LogP contribution >= 0.6 is 0 Å². The van der Waals surface area contributed by atoms with Crippen molar-refractivity contribution in [3.05, 3.63) is 17.7 Å². The van der Waals surface area contributed by atoms with Crippen molar-refractivity contribution in [3.63, 3.8) is 0 Å². The lowest BCUT2D eigenvalue weighted by Crippen LogP contribution is -2.30. The third-order valence-corrected chi connectivity index (χ3v) is 3.33. The molecule has 0 bridgehead atoms. The summed E-state index contributed by atoms with van der Waals surface area (Å²) in [5.41, 5.74) is 1.60. The van der Waals surface area contributed by atoms with Crippen molar-refractivity contribution in [1.29, 1.82) is 5.26 Å². The van der Waals surface area contributed by atoms with Crippen molar-refractivity contribution in [2.75, 3.05) is 24.8 Å². The smallest absolute Gasteiger partial charge is 0.231 e. The molecule has 4 heteroatoms. The fourth-order valence-electron chi connectivity index (χ4n) is 2.47. The molecule has 1 aromatic rings. The van der Waals surface area contributed by atoms with E-state index in [2.05, 4.69) is 11.0 Å². The number of rotatable bonds is 1. The minimum absolute atomic E-state index is 0.216. The zero-order chi connectivity index (χ0) is 11.7. The minimum atomic E-state index is 0.216. The Balaban J connectivity index is 2.02. The Morgan fingerprint density at radius 2 is 1.94 bits per heavy atom. The molecule has 2 aliphatic rings. The van der Waals surface area contributed by atoms with E-state index in [4.69, 9.17) is 9.47 Å². The zero-order valence-corrected chi connectivity index (χ0v) is 9.61. The second-order valence-electron chi connectivity index (χ2n) is 4.35. The highest BCUT2D eigenvalue weighted by Crippen LogP contribution is 2.40. The van der Waals surface area contributed by atoms with Gasteiger partial charge in [-0.1, -0.05) is 0 Å². The van der Waals surface area contributed by atoms with Crippen LogP contribution in [0.1, 0.15) is 24.8 Å². The van der Waals surface area contributed by atoms with Gasteiger partial charge < -0.3 is 14.4 Å². The molecule has 17 heavy (non-hydrogen) atoms. The number of nitriles is 1. The van der Waals surface area contributed by atoms with Crippen LogP contribution in [0.4, 0.5) is 5.69 Å². The Bertz CT molecular complexity index is 473. The molecule has 1 fully saturated rings. The van der Waals surface area contributed by atoms with E-state index in [1.54, 1.807) is 0 Å². The first kappa shape index (κ1) is 10.3. The van der Waals surface area contributed by atoms with Gasteiger partial charge in [0, 0.05) is 13.1 Å². The summed E-state index contributed by atoms with van der Waals surface area (Å²) in [5.74, 6) is 1.29. The Labute approximate surface area is 100 Å². The summed E-state index contributed by atoms with van der Waals surface area (Å²) in [6.45, 7) is 2.26. The van der Waals surface area contributed by atoms with E-state index in [0.717, 1.165) is 18.8 Å². The van der Waals surface area contributed by atoms with Crippen LogP contribution in [0.15, 0.2) is 12.1 Å². The Morgan fingerprint density at radius 1 is 1.12 bits per heavy atom. The van der Waals surface area contributed by atoms with Crippen LogP contribution in [0.2, 0.25) is 0 Å². The molecule has 0 aromatic heterocycles. The Morgan fingerprint density at radius 3 is 2.71 bits per heavy atom. The van der Waals surface area contributed by atoms with Crippen LogP contribution in [0, 0.1) is 11.3 Å². The first-order chi connectivity index (χ1) is 8.40. The summed E-state index contributed by atoms with van der Waals surface area (Å²) in [6.07, 6.45) is 3.67. The largest absolute Gasteiger partial charge is 0.454 e. The number of hydrogen-bond acceptors (Lipinski definition) is 4. The van der Waals surface area contributed by atoms with Crippen molar-refractivity contribution in [2.45, 2.75) is 19.3 Å². The summed E-state index contributed by atoms with van der Waals surface area (Å²) in [5, 5.41) is 9.30. The second kappa shape index (κ2) is 4.17. The van der Waals surface area contributed by atoms with Gasteiger partial charge in [0.15, 0.2) is 11.5 Å². The standard InChI is InChI=1S/C13H14N2O2/c14-8-10-11(15-6-2-1-3-7-15)4-5-12-13(10)17-9-16-12/h4-5H,1-3,6-7,9H2. The van der Waals surface area contributed by atoms with Gasteiger partial charge in [0.1, 0.15) is 11.6 Å². The van der Waals surface area contributed by atoms with Crippen LogP contribution in [0.3, 0.4) is 0 Å². The van der Waals surface area contributed by atoms with Crippen LogP contribution in [-0.4, -0.2) is 19.9 Å². The molecule has 0 radical (unpaired) electrons. The summed E-state index contributed by atoms with van der Waals surface area (Å²) >= 11 is 0. The van der Waals surface area contributed by atoms with Gasteiger partial charge in [0.2, 0.25) is 6.79 Å². The molecule has 0 spiro atoms. The molecular formula is C13H14N2O2. The predicted molar refractivity (Wildman–Crippen MR) is 63.3 cm³/mol. The van der Waals surface area contributed by atoms with Gasteiger partial charge in [-0.15, -0.1) is 0 Å². The maximum absolute atomic E-state index is 9.30. The number of ether oxygens (including phenoxy) is 2. The normalized spacial score (nSPS) is 17.9. The van der Waals surface area contributed by atoms with Crippen molar-refractivity contribution in [3.8, 4) is 17.6 Å². The topological polar surface area (TPSA) is 45.5 Å². The molecule has 2 aliphatic heterocycles. The number of anilines is 1. The fourth-order valence-corrected chi connectivity index (χ4v) is 2.47. The highest BCUT2D eigenvalue weighted by atomic mass is 16.7. The van der Waals surface area contributed by atoms with Gasteiger partial charge in [-0.05, 0) is 31.4 Å². The summed E-state index contributed by atoms with van der Waals surface area (Å²) in [4.78, 5) is 2.27. The lowest BCUT2D eigenvalue weighted by Gasteiger charge is -2.29. The number of piperidine rings is 1. The number of hydrogen-bond donors (Lipinski definition) is 0. The van der Waals surface area contributed by atoms with E-state index < -0.39 is 0 Å². The minimum Gasteiger partial charge on any atom is -0.454 e. The maximum atomic E-state index is 9.30. The highest BCUT2D eigenvalue weighted by Gasteiger charge is 2.24. The van der Waals surface area contributed by atoms with Crippen molar-refractivity contribution < 1.29 is 9.47 Å². The first-order valence-corrected chi connectivity index (χ1v) is 5.98. The summed E-state index contributed by atoms with van der Waals surface area (Å²) < 4.78 is 10.7. The predicted octanol–water partition coefficient (Wildman–Crippen LogP) is 2.28. The van der Waals surface area contributed by atoms with E-state index >= 15 is 0 Å². The third kappa shape index (κ3) is 1.68. The van der Waals surface area contributed by atoms with E-state index in [9.17, 15) is 5.26 Å². The first-order valence-electron chi connectivity index (χ1n) is 5.98. The van der Waals surface area contributed by atoms with E-state index in [1.807, 2.05) is 12.1 Å². The fraction of sp³-hybridized carbons (Fsp3) is 0.462. The maximum Gasteiger partial charge on any atom is 0.231 e. The van der Waals surface area contributed by atoms with Gasteiger partial charge >= 0.3 is 0 Å². The van der Waals surface area contributed by atoms with E-state index in [-0.39, 0.29) is 6.79 Å². The molecular weight excluding hydrogens is 216 g/mol. The number of benzene rings is 1. The second-order valence-corrected chi connectivity index (χ2v) is 4.35. The molecule has 1 saturated heterocycles. The van der Waals surface area contributed by atoms with Gasteiger partial charge in [-0.2, -0.15) is 5.26 Å². The molecule has 0 unspecified atom stereocenters. The van der Waals surface area contributed by atoms with Crippen LogP contribution in [-0.2, 0) is 0 Å². The molecule has 4 nitrogen and oxygen atoms in total. The molecule has 88 valence electrons. The lowest BCUT2D eigenvalue weighted by atomic mass is 10.1. The van der Waals surface area contributed by atoms with Crippen molar-refractivity contribution in [1.82, 2.24) is 0 Å². The highest BCUT2D eigenvalue weighted by molar-refractivity contribution is 5.69. The number of nitrogens with zero attached hydrogens (tertiary/aromatic N) is 2.